The molecule has 7 heteroatoms. The first-order chi connectivity index (χ1) is 16.0. The smallest absolute Gasteiger partial charge is 0.292 e. The van der Waals surface area contributed by atoms with Gasteiger partial charge in [-0.2, -0.15) is 0 Å². The molecular formula is C26H30N4O3. The Hall–Kier alpha value is -3.48. The standard InChI is InChI=1S/C26H30N4O3/c1-4-29-12-13-30(26(32)24-15-23(18(2)3)28-33-24)17-22(25(29)31)14-19-7-9-20(10-8-19)21-6-5-11-27-16-21/h5-11,15-16,18,22H,4,12-14,17H2,1-3H3/t22-/m1/s1. The molecule has 0 unspecified atom stereocenters. The van der Waals surface area contributed by atoms with Gasteiger partial charge in [0, 0.05) is 44.6 Å². The maximum absolute atomic E-state index is 13.2. The molecule has 2 aromatic heterocycles. The maximum Gasteiger partial charge on any atom is 0.292 e. The number of pyridine rings is 1. The van der Waals surface area contributed by atoms with Gasteiger partial charge in [-0.1, -0.05) is 49.3 Å². The highest BCUT2D eigenvalue weighted by atomic mass is 16.5. The number of amides is 2. The van der Waals surface area contributed by atoms with Crippen LogP contribution in [0.2, 0.25) is 0 Å². The van der Waals surface area contributed by atoms with Gasteiger partial charge in [-0.3, -0.25) is 14.6 Å². The van der Waals surface area contributed by atoms with Crippen LogP contribution in [0, 0.1) is 5.92 Å². The van der Waals surface area contributed by atoms with Crippen LogP contribution in [0.1, 0.15) is 48.5 Å². The van der Waals surface area contributed by atoms with Gasteiger partial charge in [-0.25, -0.2) is 0 Å². The number of carbonyl (C=O) groups excluding carboxylic acids is 2. The van der Waals surface area contributed by atoms with Crippen LogP contribution in [0.4, 0.5) is 0 Å². The molecule has 1 saturated heterocycles. The van der Waals surface area contributed by atoms with Crippen molar-refractivity contribution < 1.29 is 14.1 Å². The molecule has 0 radical (unpaired) electrons. The molecule has 3 aromatic rings. The van der Waals surface area contributed by atoms with Gasteiger partial charge < -0.3 is 14.3 Å². The third-order valence-electron chi connectivity index (χ3n) is 6.17. The summed E-state index contributed by atoms with van der Waals surface area (Å²) in [4.78, 5) is 34.1. The van der Waals surface area contributed by atoms with Crippen LogP contribution in [0.15, 0.2) is 59.4 Å². The highest BCUT2D eigenvalue weighted by Gasteiger charge is 2.33. The highest BCUT2D eigenvalue weighted by Crippen LogP contribution is 2.23. The van der Waals surface area contributed by atoms with Crippen molar-refractivity contribution in [3.8, 4) is 11.1 Å². The van der Waals surface area contributed by atoms with Crippen LogP contribution < -0.4 is 0 Å². The number of likely N-dealkylation sites (N-methyl/N-ethyl adjacent to an activating group) is 1. The number of hydrogen-bond donors (Lipinski definition) is 0. The van der Waals surface area contributed by atoms with E-state index in [0.717, 1.165) is 22.4 Å². The average molecular weight is 447 g/mol. The van der Waals surface area contributed by atoms with E-state index in [-0.39, 0.29) is 29.4 Å². The first kappa shape index (κ1) is 22.7. The van der Waals surface area contributed by atoms with E-state index in [1.54, 1.807) is 17.2 Å². The van der Waals surface area contributed by atoms with Crippen molar-refractivity contribution in [1.29, 1.82) is 0 Å². The molecule has 2 amide bonds. The molecule has 4 rings (SSSR count). The van der Waals surface area contributed by atoms with Crippen molar-refractivity contribution in [3.63, 3.8) is 0 Å². The fourth-order valence-corrected chi connectivity index (χ4v) is 4.16. The fraction of sp³-hybridized carbons (Fsp3) is 0.385. The number of aromatic nitrogens is 2. The van der Waals surface area contributed by atoms with Gasteiger partial charge in [0.05, 0.1) is 11.6 Å². The van der Waals surface area contributed by atoms with Gasteiger partial charge in [0.15, 0.2) is 0 Å². The van der Waals surface area contributed by atoms with Crippen molar-refractivity contribution >= 4 is 11.8 Å². The predicted molar refractivity (Wildman–Crippen MR) is 126 cm³/mol. The SMILES string of the molecule is CCN1CCN(C(=O)c2cc(C(C)C)no2)C[C@@H](Cc2ccc(-c3cccnc3)cc2)C1=O. The maximum atomic E-state index is 13.2. The summed E-state index contributed by atoms with van der Waals surface area (Å²) in [6.07, 6.45) is 4.16. The van der Waals surface area contributed by atoms with Crippen molar-refractivity contribution in [2.75, 3.05) is 26.2 Å². The van der Waals surface area contributed by atoms with Crippen LogP contribution in [-0.4, -0.2) is 57.9 Å². The second-order valence-electron chi connectivity index (χ2n) is 8.78. The van der Waals surface area contributed by atoms with Crippen molar-refractivity contribution in [2.45, 2.75) is 33.1 Å². The first-order valence-electron chi connectivity index (χ1n) is 11.5. The van der Waals surface area contributed by atoms with Crippen molar-refractivity contribution in [3.05, 3.63) is 71.9 Å². The molecule has 172 valence electrons. The van der Waals surface area contributed by atoms with Crippen LogP contribution >= 0.6 is 0 Å². The third kappa shape index (κ3) is 5.13. The molecule has 1 aliphatic rings. The number of benzene rings is 1. The Morgan fingerprint density at radius 1 is 1.15 bits per heavy atom. The molecule has 7 nitrogen and oxygen atoms in total. The summed E-state index contributed by atoms with van der Waals surface area (Å²) in [5.74, 6) is -0.0237. The summed E-state index contributed by atoms with van der Waals surface area (Å²) in [6, 6.07) is 13.8. The Bertz CT molecular complexity index is 1090. The van der Waals surface area contributed by atoms with E-state index < -0.39 is 0 Å². The van der Waals surface area contributed by atoms with Gasteiger partial charge in [0.25, 0.3) is 5.91 Å². The van der Waals surface area contributed by atoms with E-state index >= 15 is 0 Å². The minimum atomic E-state index is -0.312. The van der Waals surface area contributed by atoms with Gasteiger partial charge in [0.2, 0.25) is 11.7 Å². The molecule has 1 aromatic carbocycles. The largest absolute Gasteiger partial charge is 0.351 e. The lowest BCUT2D eigenvalue weighted by Gasteiger charge is -2.23. The van der Waals surface area contributed by atoms with Gasteiger partial charge in [-0.05, 0) is 42.0 Å². The van der Waals surface area contributed by atoms with E-state index in [9.17, 15) is 9.59 Å². The molecular weight excluding hydrogens is 416 g/mol. The van der Waals surface area contributed by atoms with Crippen LogP contribution in [-0.2, 0) is 11.2 Å². The summed E-state index contributed by atoms with van der Waals surface area (Å²) in [7, 11) is 0. The molecule has 1 fully saturated rings. The molecule has 1 atom stereocenters. The summed E-state index contributed by atoms with van der Waals surface area (Å²) >= 11 is 0. The number of rotatable bonds is 6. The molecule has 3 heterocycles. The average Bonchev–Trinajstić information content (AvgIpc) is 3.28. The Kier molecular flexibility index (Phi) is 6.87. The third-order valence-corrected chi connectivity index (χ3v) is 6.17. The van der Waals surface area contributed by atoms with Crippen molar-refractivity contribution in [2.24, 2.45) is 5.92 Å². The molecule has 33 heavy (non-hydrogen) atoms. The highest BCUT2D eigenvalue weighted by molar-refractivity contribution is 5.92. The number of hydrogen-bond acceptors (Lipinski definition) is 5. The fourth-order valence-electron chi connectivity index (χ4n) is 4.16. The first-order valence-corrected chi connectivity index (χ1v) is 11.5. The van der Waals surface area contributed by atoms with Gasteiger partial charge in [-0.15, -0.1) is 0 Å². The number of carbonyl (C=O) groups is 2. The zero-order chi connectivity index (χ0) is 23.4. The minimum Gasteiger partial charge on any atom is -0.351 e. The molecule has 0 N–H and O–H groups in total. The van der Waals surface area contributed by atoms with Crippen LogP contribution in [0.5, 0.6) is 0 Å². The Morgan fingerprint density at radius 2 is 1.94 bits per heavy atom. The quantitative estimate of drug-likeness (QED) is 0.571. The van der Waals surface area contributed by atoms with Gasteiger partial charge in [0.1, 0.15) is 0 Å². The van der Waals surface area contributed by atoms with E-state index in [1.807, 2.05) is 56.1 Å². The monoisotopic (exact) mass is 446 g/mol. The molecule has 0 spiro atoms. The second kappa shape index (κ2) is 9.98. The lowest BCUT2D eigenvalue weighted by Crippen LogP contribution is -2.37. The van der Waals surface area contributed by atoms with Crippen molar-refractivity contribution in [1.82, 2.24) is 19.9 Å². The zero-order valence-electron chi connectivity index (χ0n) is 19.4. The Balaban J connectivity index is 1.52. The van der Waals surface area contributed by atoms with E-state index in [0.29, 0.717) is 32.6 Å². The topological polar surface area (TPSA) is 79.5 Å². The van der Waals surface area contributed by atoms with E-state index in [4.69, 9.17) is 4.52 Å². The lowest BCUT2D eigenvalue weighted by atomic mass is 9.96. The molecule has 0 saturated carbocycles. The second-order valence-corrected chi connectivity index (χ2v) is 8.78. The predicted octanol–water partition coefficient (Wildman–Crippen LogP) is 4.02. The Labute approximate surface area is 194 Å². The Morgan fingerprint density at radius 3 is 2.58 bits per heavy atom. The minimum absolute atomic E-state index is 0.0876. The molecule has 1 aliphatic heterocycles. The number of nitrogens with zero attached hydrogens (tertiary/aromatic N) is 4. The van der Waals surface area contributed by atoms with Crippen LogP contribution in [0.3, 0.4) is 0 Å². The summed E-state index contributed by atoms with van der Waals surface area (Å²) in [5.41, 5.74) is 3.95. The normalized spacial score (nSPS) is 16.8. The van der Waals surface area contributed by atoms with Gasteiger partial charge >= 0.3 is 0 Å². The molecule has 0 aliphatic carbocycles. The summed E-state index contributed by atoms with van der Waals surface area (Å²) < 4.78 is 5.33. The van der Waals surface area contributed by atoms with E-state index in [1.165, 1.54) is 0 Å². The van der Waals surface area contributed by atoms with Crippen LogP contribution in [0.25, 0.3) is 11.1 Å². The zero-order valence-corrected chi connectivity index (χ0v) is 19.4. The summed E-state index contributed by atoms with van der Waals surface area (Å²) in [5, 5.41) is 4.02. The molecule has 0 bridgehead atoms. The lowest BCUT2D eigenvalue weighted by molar-refractivity contribution is -0.134. The summed E-state index contributed by atoms with van der Waals surface area (Å²) in [6.45, 7) is 7.96. The van der Waals surface area contributed by atoms with E-state index in [2.05, 4.69) is 22.3 Å².